The zero-order valence-electron chi connectivity index (χ0n) is 11.4. The molecule has 4 heteroatoms. The van der Waals surface area contributed by atoms with Crippen LogP contribution in [0.2, 0.25) is 0 Å². The van der Waals surface area contributed by atoms with E-state index in [0.717, 1.165) is 33.8 Å². The second-order valence-electron chi connectivity index (χ2n) is 4.39. The second-order valence-corrected chi connectivity index (χ2v) is 4.39. The number of fused-ring (bicyclic) bond motifs is 1. The van der Waals surface area contributed by atoms with E-state index in [0.29, 0.717) is 0 Å². The highest BCUT2D eigenvalue weighted by Gasteiger charge is 2.10. The van der Waals surface area contributed by atoms with Gasteiger partial charge in [0.05, 0.1) is 14.2 Å². The Kier molecular flexibility index (Phi) is 3.28. The van der Waals surface area contributed by atoms with Crippen molar-refractivity contribution < 1.29 is 9.47 Å². The molecular formula is C14H18N2O2. The van der Waals surface area contributed by atoms with E-state index in [4.69, 9.17) is 9.47 Å². The molecule has 18 heavy (non-hydrogen) atoms. The molecule has 0 aliphatic carbocycles. The molecule has 0 aliphatic heterocycles. The number of pyridine rings is 1. The average Bonchev–Trinajstić information content (AvgIpc) is 2.36. The van der Waals surface area contributed by atoms with Crippen LogP contribution in [-0.4, -0.2) is 33.3 Å². The smallest absolute Gasteiger partial charge is 0.161 e. The number of rotatable bonds is 3. The van der Waals surface area contributed by atoms with E-state index in [9.17, 15) is 0 Å². The molecule has 2 aromatic rings. The Morgan fingerprint density at radius 2 is 1.61 bits per heavy atom. The van der Waals surface area contributed by atoms with Gasteiger partial charge in [-0.1, -0.05) is 0 Å². The van der Waals surface area contributed by atoms with Crippen LogP contribution in [0.3, 0.4) is 0 Å². The Morgan fingerprint density at radius 1 is 1.00 bits per heavy atom. The number of nitrogens with zero attached hydrogens (tertiary/aromatic N) is 2. The van der Waals surface area contributed by atoms with Crippen molar-refractivity contribution in [3.63, 3.8) is 0 Å². The fraction of sp³-hybridized carbons (Fsp3) is 0.357. The maximum atomic E-state index is 5.33. The molecule has 0 radical (unpaired) electrons. The van der Waals surface area contributed by atoms with E-state index in [1.807, 2.05) is 44.1 Å². The molecule has 0 saturated heterocycles. The van der Waals surface area contributed by atoms with E-state index in [1.54, 1.807) is 14.2 Å². The Balaban J connectivity index is 2.72. The van der Waals surface area contributed by atoms with Crippen LogP contribution in [0.25, 0.3) is 10.8 Å². The van der Waals surface area contributed by atoms with Crippen molar-refractivity contribution in [3.05, 3.63) is 23.9 Å². The number of ether oxygens (including phenoxy) is 2. The van der Waals surface area contributed by atoms with Crippen molar-refractivity contribution >= 4 is 16.6 Å². The molecule has 0 fully saturated rings. The first kappa shape index (κ1) is 12.5. The summed E-state index contributed by atoms with van der Waals surface area (Å²) in [5.74, 6) is 2.40. The van der Waals surface area contributed by atoms with Gasteiger partial charge in [0.1, 0.15) is 5.82 Å². The molecular weight excluding hydrogens is 228 g/mol. The maximum Gasteiger partial charge on any atom is 0.161 e. The van der Waals surface area contributed by atoms with Gasteiger partial charge >= 0.3 is 0 Å². The molecule has 0 spiro atoms. The molecule has 0 amide bonds. The summed E-state index contributed by atoms with van der Waals surface area (Å²) in [6.45, 7) is 2.00. The molecule has 0 saturated carbocycles. The van der Waals surface area contributed by atoms with E-state index < -0.39 is 0 Å². The minimum Gasteiger partial charge on any atom is -0.493 e. The lowest BCUT2D eigenvalue weighted by atomic mass is 10.1. The number of hydrogen-bond donors (Lipinski definition) is 0. The van der Waals surface area contributed by atoms with Crippen molar-refractivity contribution in [2.75, 3.05) is 33.2 Å². The van der Waals surface area contributed by atoms with E-state index in [-0.39, 0.29) is 0 Å². The first-order valence-electron chi connectivity index (χ1n) is 5.77. The van der Waals surface area contributed by atoms with Crippen LogP contribution in [0.1, 0.15) is 5.69 Å². The van der Waals surface area contributed by atoms with E-state index >= 15 is 0 Å². The fourth-order valence-corrected chi connectivity index (χ4v) is 1.96. The molecule has 0 N–H and O–H groups in total. The summed E-state index contributed by atoms with van der Waals surface area (Å²) < 4.78 is 10.6. The predicted octanol–water partition coefficient (Wildman–Crippen LogP) is 2.63. The van der Waals surface area contributed by atoms with Crippen LogP contribution in [-0.2, 0) is 0 Å². The Labute approximate surface area is 107 Å². The highest BCUT2D eigenvalue weighted by Crippen LogP contribution is 2.34. The van der Waals surface area contributed by atoms with Gasteiger partial charge in [-0.3, -0.25) is 0 Å². The van der Waals surface area contributed by atoms with Crippen molar-refractivity contribution in [3.8, 4) is 11.5 Å². The van der Waals surface area contributed by atoms with Crippen LogP contribution in [0.4, 0.5) is 5.82 Å². The number of aryl methyl sites for hydroxylation is 1. The largest absolute Gasteiger partial charge is 0.493 e. The van der Waals surface area contributed by atoms with Gasteiger partial charge in [0.15, 0.2) is 11.5 Å². The van der Waals surface area contributed by atoms with Gasteiger partial charge in [-0.15, -0.1) is 0 Å². The molecule has 4 nitrogen and oxygen atoms in total. The standard InChI is InChI=1S/C14H18N2O2/c1-9-11-8-13(18-5)12(17-4)6-10(11)7-14(15-9)16(2)3/h6-8H,1-5H3. The molecule has 1 aromatic carbocycles. The molecule has 2 rings (SSSR count). The summed E-state index contributed by atoms with van der Waals surface area (Å²) in [5, 5.41) is 2.18. The van der Waals surface area contributed by atoms with E-state index in [1.165, 1.54) is 0 Å². The van der Waals surface area contributed by atoms with Crippen LogP contribution < -0.4 is 14.4 Å². The van der Waals surface area contributed by atoms with Crippen molar-refractivity contribution in [1.82, 2.24) is 4.98 Å². The number of methoxy groups -OCH3 is 2. The van der Waals surface area contributed by atoms with Crippen LogP contribution >= 0.6 is 0 Å². The van der Waals surface area contributed by atoms with Gasteiger partial charge in [-0.25, -0.2) is 4.98 Å². The van der Waals surface area contributed by atoms with Gasteiger partial charge in [-0.2, -0.15) is 0 Å². The molecule has 0 atom stereocenters. The third kappa shape index (κ3) is 2.06. The topological polar surface area (TPSA) is 34.6 Å². The van der Waals surface area contributed by atoms with Crippen molar-refractivity contribution in [2.24, 2.45) is 0 Å². The number of benzene rings is 1. The average molecular weight is 246 g/mol. The summed E-state index contributed by atoms with van der Waals surface area (Å²) in [6.07, 6.45) is 0. The molecule has 1 aromatic heterocycles. The van der Waals surface area contributed by atoms with Crippen LogP contribution in [0, 0.1) is 6.92 Å². The van der Waals surface area contributed by atoms with Crippen LogP contribution in [0.15, 0.2) is 18.2 Å². The fourth-order valence-electron chi connectivity index (χ4n) is 1.96. The monoisotopic (exact) mass is 246 g/mol. The van der Waals surface area contributed by atoms with Crippen molar-refractivity contribution in [1.29, 1.82) is 0 Å². The number of hydrogen-bond acceptors (Lipinski definition) is 4. The SMILES string of the molecule is COc1cc2cc(N(C)C)nc(C)c2cc1OC. The minimum atomic E-state index is 0.729. The Hall–Kier alpha value is -1.97. The molecule has 0 bridgehead atoms. The quantitative estimate of drug-likeness (QED) is 0.834. The number of aromatic nitrogens is 1. The van der Waals surface area contributed by atoms with Gasteiger partial charge in [0, 0.05) is 25.2 Å². The zero-order chi connectivity index (χ0) is 13.3. The number of anilines is 1. The summed E-state index contributed by atoms with van der Waals surface area (Å²) in [7, 11) is 7.24. The van der Waals surface area contributed by atoms with E-state index in [2.05, 4.69) is 4.98 Å². The summed E-state index contributed by atoms with van der Waals surface area (Å²) >= 11 is 0. The van der Waals surface area contributed by atoms with Gasteiger partial charge in [-0.05, 0) is 30.5 Å². The van der Waals surface area contributed by atoms with Crippen molar-refractivity contribution in [2.45, 2.75) is 6.92 Å². The molecule has 96 valence electrons. The molecule has 0 unspecified atom stereocenters. The third-order valence-corrected chi connectivity index (χ3v) is 2.97. The molecule has 1 heterocycles. The van der Waals surface area contributed by atoms with Gasteiger partial charge in [0.2, 0.25) is 0 Å². The molecule has 0 aliphatic rings. The lowest BCUT2D eigenvalue weighted by molar-refractivity contribution is 0.356. The van der Waals surface area contributed by atoms with Gasteiger partial charge < -0.3 is 14.4 Å². The maximum absolute atomic E-state index is 5.33. The van der Waals surface area contributed by atoms with Gasteiger partial charge in [0.25, 0.3) is 0 Å². The zero-order valence-corrected chi connectivity index (χ0v) is 11.4. The highest BCUT2D eigenvalue weighted by molar-refractivity contribution is 5.89. The Morgan fingerprint density at radius 3 is 2.17 bits per heavy atom. The van der Waals surface area contributed by atoms with Crippen LogP contribution in [0.5, 0.6) is 11.5 Å². The lowest BCUT2D eigenvalue weighted by Gasteiger charge is -2.15. The third-order valence-electron chi connectivity index (χ3n) is 2.97. The summed E-state index contributed by atoms with van der Waals surface area (Å²) in [5.41, 5.74) is 0.983. The minimum absolute atomic E-state index is 0.729. The first-order valence-corrected chi connectivity index (χ1v) is 5.77. The summed E-state index contributed by atoms with van der Waals surface area (Å²) in [4.78, 5) is 6.55. The second kappa shape index (κ2) is 4.72. The predicted molar refractivity (Wildman–Crippen MR) is 73.9 cm³/mol. The summed E-state index contributed by atoms with van der Waals surface area (Å²) in [6, 6.07) is 6.00. The first-order chi connectivity index (χ1) is 8.56. The normalized spacial score (nSPS) is 10.5. The Bertz CT molecular complexity index is 580. The highest BCUT2D eigenvalue weighted by atomic mass is 16.5. The lowest BCUT2D eigenvalue weighted by Crippen LogP contribution is -2.11.